The summed E-state index contributed by atoms with van der Waals surface area (Å²) in [6.45, 7) is 6.84. The largest absolute Gasteiger partial charge is 0.465 e. The Labute approximate surface area is 189 Å². The van der Waals surface area contributed by atoms with E-state index >= 15 is 0 Å². The van der Waals surface area contributed by atoms with E-state index in [0.29, 0.717) is 25.7 Å². The summed E-state index contributed by atoms with van der Waals surface area (Å²) < 4.78 is 7.07. The minimum atomic E-state index is -0.235. The number of pyridine rings is 1. The van der Waals surface area contributed by atoms with Gasteiger partial charge in [-0.1, -0.05) is 30.3 Å². The summed E-state index contributed by atoms with van der Waals surface area (Å²) in [5.41, 5.74) is 3.10. The van der Waals surface area contributed by atoms with E-state index in [1.165, 1.54) is 5.56 Å². The molecule has 0 radical (unpaired) electrons. The Kier molecular flexibility index (Phi) is 7.68. The Bertz CT molecular complexity index is 998. The van der Waals surface area contributed by atoms with E-state index in [1.807, 2.05) is 19.1 Å². The highest BCUT2D eigenvalue weighted by atomic mass is 16.5. The number of anilines is 1. The molecular weight excluding hydrogens is 404 g/mol. The number of imidazole rings is 1. The molecule has 8 nitrogen and oxygen atoms in total. The maximum absolute atomic E-state index is 11.6. The van der Waals surface area contributed by atoms with Gasteiger partial charge < -0.3 is 15.4 Å². The van der Waals surface area contributed by atoms with Crippen LogP contribution in [-0.2, 0) is 22.6 Å². The summed E-state index contributed by atoms with van der Waals surface area (Å²) >= 11 is 0. The molecule has 0 saturated carbocycles. The van der Waals surface area contributed by atoms with Gasteiger partial charge in [0, 0.05) is 45.0 Å². The maximum atomic E-state index is 11.6. The van der Waals surface area contributed by atoms with Gasteiger partial charge in [0.25, 0.3) is 0 Å². The fourth-order valence-corrected chi connectivity index (χ4v) is 4.13. The molecule has 1 aromatic carbocycles. The first kappa shape index (κ1) is 22.2. The highest BCUT2D eigenvalue weighted by molar-refractivity contribution is 5.74. The van der Waals surface area contributed by atoms with Crippen molar-refractivity contribution in [2.45, 2.75) is 38.9 Å². The van der Waals surface area contributed by atoms with Crippen molar-refractivity contribution >= 4 is 23.1 Å². The molecule has 1 saturated heterocycles. The number of carbonyl (C=O) groups is 1. The first-order chi connectivity index (χ1) is 15.7. The predicted molar refractivity (Wildman–Crippen MR) is 125 cm³/mol. The van der Waals surface area contributed by atoms with E-state index in [1.54, 1.807) is 6.20 Å². The lowest BCUT2D eigenvalue weighted by molar-refractivity contribution is -0.141. The van der Waals surface area contributed by atoms with E-state index in [-0.39, 0.29) is 12.5 Å². The molecule has 3 aromatic rings. The number of piperidine rings is 1. The molecule has 2 N–H and O–H groups in total. The smallest absolute Gasteiger partial charge is 0.319 e. The lowest BCUT2D eigenvalue weighted by atomic mass is 10.0. The molecule has 2 aromatic heterocycles. The van der Waals surface area contributed by atoms with Crippen LogP contribution in [0, 0.1) is 0 Å². The van der Waals surface area contributed by atoms with Crippen molar-refractivity contribution in [1.82, 2.24) is 24.8 Å². The summed E-state index contributed by atoms with van der Waals surface area (Å²) in [6.07, 6.45) is 3.94. The normalized spacial score (nSPS) is 15.2. The number of carbonyl (C=O) groups excluding carboxylic acids is 1. The maximum Gasteiger partial charge on any atom is 0.319 e. The molecule has 0 amide bonds. The number of fused-ring (bicyclic) bond motifs is 1. The Morgan fingerprint density at radius 3 is 2.75 bits per heavy atom. The van der Waals surface area contributed by atoms with Crippen LogP contribution in [0.25, 0.3) is 11.2 Å². The Morgan fingerprint density at radius 1 is 1.16 bits per heavy atom. The standard InChI is InChI=1S/C24H32N6O2/c1-2-32-22(31)17-25-13-16-30-23-21(9-6-12-26-23)28-24(30)27-20-10-14-29(15-11-20)18-19-7-4-3-5-8-19/h3-9,12,20,25H,2,10-11,13-18H2,1H3,(H,27,28). The highest BCUT2D eigenvalue weighted by Crippen LogP contribution is 2.21. The molecule has 8 heteroatoms. The Hall–Kier alpha value is -2.97. The molecule has 0 unspecified atom stereocenters. The monoisotopic (exact) mass is 436 g/mol. The number of aromatic nitrogens is 3. The summed E-state index contributed by atoms with van der Waals surface area (Å²) in [5, 5.41) is 6.81. The van der Waals surface area contributed by atoms with Gasteiger partial charge in [0.1, 0.15) is 5.52 Å². The molecule has 0 aliphatic carbocycles. The van der Waals surface area contributed by atoms with Gasteiger partial charge in [-0.2, -0.15) is 0 Å². The third kappa shape index (κ3) is 5.83. The molecule has 170 valence electrons. The van der Waals surface area contributed by atoms with Crippen molar-refractivity contribution in [3.05, 3.63) is 54.2 Å². The van der Waals surface area contributed by atoms with Crippen molar-refractivity contribution in [3.63, 3.8) is 0 Å². The van der Waals surface area contributed by atoms with Crippen LogP contribution in [0.4, 0.5) is 5.95 Å². The minimum absolute atomic E-state index is 0.205. The molecule has 3 heterocycles. The van der Waals surface area contributed by atoms with E-state index < -0.39 is 0 Å². The summed E-state index contributed by atoms with van der Waals surface area (Å²) in [5.74, 6) is 0.611. The number of nitrogens with zero attached hydrogens (tertiary/aromatic N) is 4. The average Bonchev–Trinajstić information content (AvgIpc) is 3.16. The number of ether oxygens (including phenoxy) is 1. The SMILES string of the molecule is CCOC(=O)CNCCn1c(NC2CCN(Cc3ccccc3)CC2)nc2cccnc21. The van der Waals surface area contributed by atoms with Crippen molar-refractivity contribution in [3.8, 4) is 0 Å². The van der Waals surface area contributed by atoms with Gasteiger partial charge in [-0.15, -0.1) is 0 Å². The summed E-state index contributed by atoms with van der Waals surface area (Å²) in [4.78, 5) is 23.4. The third-order valence-electron chi connectivity index (χ3n) is 5.76. The van der Waals surface area contributed by atoms with E-state index in [0.717, 1.165) is 49.6 Å². The van der Waals surface area contributed by atoms with Gasteiger partial charge >= 0.3 is 5.97 Å². The van der Waals surface area contributed by atoms with Gasteiger partial charge in [0.15, 0.2) is 5.65 Å². The average molecular weight is 437 g/mol. The van der Waals surface area contributed by atoms with E-state index in [4.69, 9.17) is 9.72 Å². The van der Waals surface area contributed by atoms with Crippen molar-refractivity contribution in [2.75, 3.05) is 38.1 Å². The van der Waals surface area contributed by atoms with Crippen molar-refractivity contribution in [1.29, 1.82) is 0 Å². The number of rotatable bonds is 10. The van der Waals surface area contributed by atoms with Gasteiger partial charge in [-0.05, 0) is 37.5 Å². The van der Waals surface area contributed by atoms with Gasteiger partial charge in [0.05, 0.1) is 13.2 Å². The molecule has 1 fully saturated rings. The van der Waals surface area contributed by atoms with Crippen LogP contribution in [-0.4, -0.2) is 64.2 Å². The predicted octanol–water partition coefficient (Wildman–Crippen LogP) is 2.66. The highest BCUT2D eigenvalue weighted by Gasteiger charge is 2.21. The summed E-state index contributed by atoms with van der Waals surface area (Å²) in [7, 11) is 0. The molecule has 0 spiro atoms. The number of hydrogen-bond donors (Lipinski definition) is 2. The first-order valence-corrected chi connectivity index (χ1v) is 11.4. The van der Waals surface area contributed by atoms with Crippen LogP contribution in [0.5, 0.6) is 0 Å². The molecule has 4 rings (SSSR count). The van der Waals surface area contributed by atoms with Crippen LogP contribution in [0.1, 0.15) is 25.3 Å². The van der Waals surface area contributed by atoms with Crippen LogP contribution < -0.4 is 10.6 Å². The van der Waals surface area contributed by atoms with Crippen LogP contribution in [0.2, 0.25) is 0 Å². The van der Waals surface area contributed by atoms with E-state index in [9.17, 15) is 4.79 Å². The van der Waals surface area contributed by atoms with Gasteiger partial charge in [0.2, 0.25) is 5.95 Å². The molecule has 1 aliphatic heterocycles. The number of nitrogens with one attached hydrogen (secondary N) is 2. The molecule has 1 aliphatic rings. The third-order valence-corrected chi connectivity index (χ3v) is 5.76. The molecule has 0 bridgehead atoms. The lowest BCUT2D eigenvalue weighted by Crippen LogP contribution is -2.39. The zero-order valence-corrected chi connectivity index (χ0v) is 18.7. The van der Waals surface area contributed by atoms with Crippen molar-refractivity contribution in [2.24, 2.45) is 0 Å². The van der Waals surface area contributed by atoms with Gasteiger partial charge in [-0.3, -0.25) is 14.3 Å². The molecule has 0 atom stereocenters. The number of benzene rings is 1. The van der Waals surface area contributed by atoms with Crippen LogP contribution in [0.3, 0.4) is 0 Å². The quantitative estimate of drug-likeness (QED) is 0.373. The second-order valence-electron chi connectivity index (χ2n) is 8.10. The molecular formula is C24H32N6O2. The second-order valence-corrected chi connectivity index (χ2v) is 8.10. The lowest BCUT2D eigenvalue weighted by Gasteiger charge is -2.32. The number of likely N-dealkylation sites (tertiary alicyclic amines) is 1. The fraction of sp³-hybridized carbons (Fsp3) is 0.458. The van der Waals surface area contributed by atoms with E-state index in [2.05, 4.69) is 55.4 Å². The topological polar surface area (TPSA) is 84.3 Å². The van der Waals surface area contributed by atoms with Gasteiger partial charge in [-0.25, -0.2) is 9.97 Å². The Morgan fingerprint density at radius 2 is 1.97 bits per heavy atom. The zero-order valence-electron chi connectivity index (χ0n) is 18.7. The molecule has 32 heavy (non-hydrogen) atoms. The van der Waals surface area contributed by atoms with Crippen LogP contribution in [0.15, 0.2) is 48.7 Å². The fourth-order valence-electron chi connectivity index (χ4n) is 4.13. The van der Waals surface area contributed by atoms with Crippen LogP contribution >= 0.6 is 0 Å². The first-order valence-electron chi connectivity index (χ1n) is 11.4. The second kappa shape index (κ2) is 11.1. The minimum Gasteiger partial charge on any atom is -0.465 e. The van der Waals surface area contributed by atoms with Crippen molar-refractivity contribution < 1.29 is 9.53 Å². The summed E-state index contributed by atoms with van der Waals surface area (Å²) in [6, 6.07) is 14.9. The number of hydrogen-bond acceptors (Lipinski definition) is 7. The number of esters is 1. The Balaban J connectivity index is 1.34. The zero-order chi connectivity index (χ0) is 22.2.